The highest BCUT2D eigenvalue weighted by Crippen LogP contribution is 2.24. The predicted octanol–water partition coefficient (Wildman–Crippen LogP) is 4.78. The van der Waals surface area contributed by atoms with Gasteiger partial charge in [-0.25, -0.2) is 8.96 Å². The molecule has 5 heteroatoms. The molecule has 0 bridgehead atoms. The molecule has 4 aromatic rings. The van der Waals surface area contributed by atoms with Gasteiger partial charge in [-0.15, -0.1) is 0 Å². The van der Waals surface area contributed by atoms with Crippen molar-refractivity contribution >= 4 is 11.6 Å². The van der Waals surface area contributed by atoms with Crippen LogP contribution in [0.4, 0.5) is 10.1 Å². The Morgan fingerprint density at radius 2 is 1.80 bits per heavy atom. The van der Waals surface area contributed by atoms with Gasteiger partial charge in [-0.2, -0.15) is 0 Å². The fourth-order valence-electron chi connectivity index (χ4n) is 3.29. The second kappa shape index (κ2) is 8.66. The third kappa shape index (κ3) is 4.41. The van der Waals surface area contributed by atoms with Gasteiger partial charge in [0.15, 0.2) is 24.8 Å². The molecule has 0 aliphatic carbocycles. The lowest BCUT2D eigenvalue weighted by molar-refractivity contribution is -0.687. The number of rotatable bonds is 5. The number of hydrogen-bond donors (Lipinski definition) is 1. The van der Waals surface area contributed by atoms with Crippen LogP contribution < -0.4 is 9.88 Å². The van der Waals surface area contributed by atoms with E-state index in [1.165, 1.54) is 17.8 Å². The van der Waals surface area contributed by atoms with Crippen LogP contribution >= 0.6 is 0 Å². The van der Waals surface area contributed by atoms with E-state index in [2.05, 4.69) is 52.4 Å². The maximum atomic E-state index is 13.7. The standard InChI is InChI=1S/C25H20FN3O/c1-18-12-14-29(16-19-5-3-2-4-6-19)17-23(18)20-7-9-21(10-8-20)28-25(30)22-11-13-27-15-24(22)26/h2-15,17H,16H2,1H3/p+1. The summed E-state index contributed by atoms with van der Waals surface area (Å²) in [6.07, 6.45) is 6.62. The maximum Gasteiger partial charge on any atom is 0.258 e. The lowest BCUT2D eigenvalue weighted by Crippen LogP contribution is -2.33. The van der Waals surface area contributed by atoms with E-state index in [-0.39, 0.29) is 5.56 Å². The highest BCUT2D eigenvalue weighted by molar-refractivity contribution is 6.04. The van der Waals surface area contributed by atoms with Gasteiger partial charge in [-0.3, -0.25) is 9.78 Å². The van der Waals surface area contributed by atoms with Gasteiger partial charge >= 0.3 is 0 Å². The first-order valence-electron chi connectivity index (χ1n) is 9.65. The van der Waals surface area contributed by atoms with Gasteiger partial charge in [0.25, 0.3) is 5.91 Å². The van der Waals surface area contributed by atoms with Gasteiger partial charge < -0.3 is 5.32 Å². The van der Waals surface area contributed by atoms with E-state index in [1.807, 2.05) is 42.5 Å². The van der Waals surface area contributed by atoms with Crippen LogP contribution in [0.15, 0.2) is 91.5 Å². The molecular formula is C25H21FN3O+. The summed E-state index contributed by atoms with van der Waals surface area (Å²) < 4.78 is 15.9. The maximum absolute atomic E-state index is 13.7. The van der Waals surface area contributed by atoms with Gasteiger partial charge in [-0.05, 0) is 36.2 Å². The molecule has 0 aliphatic heterocycles. The first-order valence-corrected chi connectivity index (χ1v) is 9.65. The number of pyridine rings is 2. The third-order valence-electron chi connectivity index (χ3n) is 4.91. The number of hydrogen-bond acceptors (Lipinski definition) is 2. The van der Waals surface area contributed by atoms with Crippen molar-refractivity contribution in [3.05, 3.63) is 114 Å². The monoisotopic (exact) mass is 398 g/mol. The third-order valence-corrected chi connectivity index (χ3v) is 4.91. The Hall–Kier alpha value is -3.86. The number of anilines is 1. The van der Waals surface area contributed by atoms with Crippen molar-refractivity contribution < 1.29 is 13.8 Å². The fourth-order valence-corrected chi connectivity index (χ4v) is 3.29. The molecule has 2 aromatic heterocycles. The number of halogens is 1. The zero-order valence-electron chi connectivity index (χ0n) is 16.5. The number of carbonyl (C=O) groups is 1. The molecule has 148 valence electrons. The topological polar surface area (TPSA) is 45.9 Å². The van der Waals surface area contributed by atoms with Crippen LogP contribution in [0.1, 0.15) is 21.5 Å². The molecule has 0 aliphatic rings. The van der Waals surface area contributed by atoms with Gasteiger partial charge in [0.2, 0.25) is 0 Å². The Morgan fingerprint density at radius 1 is 1.03 bits per heavy atom. The molecule has 0 fully saturated rings. The summed E-state index contributed by atoms with van der Waals surface area (Å²) >= 11 is 0. The fraction of sp³-hybridized carbons (Fsp3) is 0.0800. The normalized spacial score (nSPS) is 10.6. The largest absolute Gasteiger partial charge is 0.322 e. The molecule has 0 unspecified atom stereocenters. The Bertz CT molecular complexity index is 1170. The van der Waals surface area contributed by atoms with Crippen molar-refractivity contribution in [2.75, 3.05) is 5.32 Å². The number of benzene rings is 2. The Morgan fingerprint density at radius 3 is 2.53 bits per heavy atom. The molecule has 1 N–H and O–H groups in total. The number of aromatic nitrogens is 2. The van der Waals surface area contributed by atoms with Gasteiger partial charge in [0.05, 0.1) is 11.8 Å². The van der Waals surface area contributed by atoms with E-state index < -0.39 is 11.7 Å². The minimum absolute atomic E-state index is 0.0325. The minimum Gasteiger partial charge on any atom is -0.322 e. The molecule has 0 saturated heterocycles. The SMILES string of the molecule is Cc1cc[n+](Cc2ccccc2)cc1-c1ccc(NC(=O)c2ccncc2F)cc1. The van der Waals surface area contributed by atoms with E-state index in [1.54, 1.807) is 0 Å². The molecule has 2 heterocycles. The number of aryl methyl sites for hydroxylation is 1. The molecular weight excluding hydrogens is 377 g/mol. The van der Waals surface area contributed by atoms with Crippen molar-refractivity contribution in [3.63, 3.8) is 0 Å². The zero-order chi connectivity index (χ0) is 20.9. The van der Waals surface area contributed by atoms with Crippen LogP contribution in [-0.2, 0) is 6.54 Å². The summed E-state index contributed by atoms with van der Waals surface area (Å²) in [5, 5.41) is 2.72. The summed E-state index contributed by atoms with van der Waals surface area (Å²) in [7, 11) is 0. The van der Waals surface area contributed by atoms with Crippen molar-refractivity contribution in [2.45, 2.75) is 13.5 Å². The molecule has 0 spiro atoms. The van der Waals surface area contributed by atoms with Crippen molar-refractivity contribution in [3.8, 4) is 11.1 Å². The number of carbonyl (C=O) groups excluding carboxylic acids is 1. The molecule has 2 aromatic carbocycles. The molecule has 4 nitrogen and oxygen atoms in total. The van der Waals surface area contributed by atoms with Crippen LogP contribution in [0.5, 0.6) is 0 Å². The van der Waals surface area contributed by atoms with Gasteiger partial charge in [-0.1, -0.05) is 42.5 Å². The van der Waals surface area contributed by atoms with Crippen LogP contribution in [0.25, 0.3) is 11.1 Å². The summed E-state index contributed by atoms with van der Waals surface area (Å²) in [5.41, 5.74) is 5.13. The van der Waals surface area contributed by atoms with E-state index in [9.17, 15) is 9.18 Å². The van der Waals surface area contributed by atoms with Crippen LogP contribution in [0, 0.1) is 12.7 Å². The summed E-state index contributed by atoms with van der Waals surface area (Å²) in [5.74, 6) is -1.14. The molecule has 0 atom stereocenters. The molecule has 4 rings (SSSR count). The highest BCUT2D eigenvalue weighted by atomic mass is 19.1. The minimum atomic E-state index is -0.644. The van der Waals surface area contributed by atoms with Crippen molar-refractivity contribution in [1.82, 2.24) is 4.98 Å². The Balaban J connectivity index is 1.53. The smallest absolute Gasteiger partial charge is 0.258 e. The van der Waals surface area contributed by atoms with Gasteiger partial charge in [0.1, 0.15) is 0 Å². The lowest BCUT2D eigenvalue weighted by atomic mass is 10.0. The quantitative estimate of drug-likeness (QED) is 0.492. The Kier molecular flexibility index (Phi) is 5.61. The molecule has 30 heavy (non-hydrogen) atoms. The first kappa shape index (κ1) is 19.5. The first-order chi connectivity index (χ1) is 14.6. The highest BCUT2D eigenvalue weighted by Gasteiger charge is 2.13. The second-order valence-electron chi connectivity index (χ2n) is 7.09. The molecule has 0 saturated carbocycles. The summed E-state index contributed by atoms with van der Waals surface area (Å²) in [6, 6.07) is 21.3. The van der Waals surface area contributed by atoms with Crippen molar-refractivity contribution in [1.29, 1.82) is 0 Å². The number of nitrogens with one attached hydrogen (secondary N) is 1. The average molecular weight is 398 g/mol. The van der Waals surface area contributed by atoms with E-state index in [4.69, 9.17) is 0 Å². The number of nitrogens with zero attached hydrogens (tertiary/aromatic N) is 2. The van der Waals surface area contributed by atoms with Crippen LogP contribution in [-0.4, -0.2) is 10.9 Å². The molecule has 1 amide bonds. The summed E-state index contributed by atoms with van der Waals surface area (Å²) in [4.78, 5) is 15.9. The molecule has 0 radical (unpaired) electrons. The zero-order valence-corrected chi connectivity index (χ0v) is 16.5. The van der Waals surface area contributed by atoms with E-state index in [0.29, 0.717) is 5.69 Å². The van der Waals surface area contributed by atoms with Crippen LogP contribution in [0.3, 0.4) is 0 Å². The van der Waals surface area contributed by atoms with E-state index in [0.717, 1.165) is 29.4 Å². The lowest BCUT2D eigenvalue weighted by Gasteiger charge is -2.09. The van der Waals surface area contributed by atoms with E-state index >= 15 is 0 Å². The summed E-state index contributed by atoms with van der Waals surface area (Å²) in [6.45, 7) is 2.86. The number of amides is 1. The predicted molar refractivity (Wildman–Crippen MR) is 115 cm³/mol. The second-order valence-corrected chi connectivity index (χ2v) is 7.09. The van der Waals surface area contributed by atoms with Crippen LogP contribution in [0.2, 0.25) is 0 Å². The van der Waals surface area contributed by atoms with Crippen molar-refractivity contribution in [2.24, 2.45) is 0 Å². The Labute approximate surface area is 174 Å². The average Bonchev–Trinajstić information content (AvgIpc) is 2.77. The van der Waals surface area contributed by atoms with Gasteiger partial charge in [0, 0.05) is 29.1 Å².